The molecule has 0 saturated heterocycles. The third-order valence-corrected chi connectivity index (χ3v) is 5.13. The largest absolute Gasteiger partial charge is 0.490 e. The van der Waals surface area contributed by atoms with Gasteiger partial charge < -0.3 is 19.3 Å². The SMILES string of the molecule is CCOc1ccc(S(=O)(=O)NCc2nc(CC(C)NC)no2)cc1OCC. The van der Waals surface area contributed by atoms with Gasteiger partial charge in [-0.05, 0) is 40.0 Å². The number of aromatic nitrogens is 2. The van der Waals surface area contributed by atoms with Crippen LogP contribution in [-0.4, -0.2) is 44.9 Å². The molecule has 1 atom stereocenters. The Kier molecular flexibility index (Phi) is 7.57. The van der Waals surface area contributed by atoms with E-state index in [4.69, 9.17) is 14.0 Å². The molecule has 150 valence electrons. The number of hydrogen-bond acceptors (Lipinski definition) is 8. The van der Waals surface area contributed by atoms with E-state index in [1.54, 1.807) is 6.07 Å². The highest BCUT2D eigenvalue weighted by atomic mass is 32.2. The minimum Gasteiger partial charge on any atom is -0.490 e. The van der Waals surface area contributed by atoms with Gasteiger partial charge in [-0.25, -0.2) is 13.1 Å². The van der Waals surface area contributed by atoms with Gasteiger partial charge in [0.05, 0.1) is 24.7 Å². The van der Waals surface area contributed by atoms with Crippen molar-refractivity contribution in [1.29, 1.82) is 0 Å². The molecule has 27 heavy (non-hydrogen) atoms. The number of hydrogen-bond donors (Lipinski definition) is 2. The Morgan fingerprint density at radius 2 is 1.89 bits per heavy atom. The van der Waals surface area contributed by atoms with Crippen molar-refractivity contribution in [2.45, 2.75) is 44.7 Å². The van der Waals surface area contributed by atoms with Crippen LogP contribution in [0.3, 0.4) is 0 Å². The monoisotopic (exact) mass is 398 g/mol. The molecule has 9 nitrogen and oxygen atoms in total. The third-order valence-electron chi connectivity index (χ3n) is 3.73. The van der Waals surface area contributed by atoms with Crippen LogP contribution in [0.15, 0.2) is 27.6 Å². The standard InChI is InChI=1S/C17H26N4O5S/c1-5-24-14-8-7-13(10-15(14)25-6-2)27(22,23)19-11-17-20-16(21-26-17)9-12(3)18-4/h7-8,10,12,18-19H,5-6,9,11H2,1-4H3. The minimum absolute atomic E-state index is 0.0675. The molecule has 10 heteroatoms. The number of benzene rings is 1. The number of sulfonamides is 1. The van der Waals surface area contributed by atoms with Crippen molar-refractivity contribution in [3.05, 3.63) is 29.9 Å². The molecule has 2 rings (SSSR count). The van der Waals surface area contributed by atoms with E-state index in [1.807, 2.05) is 27.8 Å². The van der Waals surface area contributed by atoms with Crippen molar-refractivity contribution in [1.82, 2.24) is 20.2 Å². The summed E-state index contributed by atoms with van der Waals surface area (Å²) in [6, 6.07) is 4.66. The molecule has 2 aromatic rings. The van der Waals surface area contributed by atoms with Crippen LogP contribution in [0.4, 0.5) is 0 Å². The lowest BCUT2D eigenvalue weighted by Crippen LogP contribution is -2.24. The van der Waals surface area contributed by atoms with Gasteiger partial charge in [-0.3, -0.25) is 0 Å². The molecule has 0 aliphatic rings. The molecular weight excluding hydrogens is 372 g/mol. The smallest absolute Gasteiger partial charge is 0.241 e. The van der Waals surface area contributed by atoms with Gasteiger partial charge in [-0.15, -0.1) is 0 Å². The first kappa shape index (κ1) is 21.1. The lowest BCUT2D eigenvalue weighted by molar-refractivity contribution is 0.287. The van der Waals surface area contributed by atoms with E-state index in [-0.39, 0.29) is 23.4 Å². The summed E-state index contributed by atoms with van der Waals surface area (Å²) in [6.07, 6.45) is 0.587. The van der Waals surface area contributed by atoms with E-state index in [0.29, 0.717) is 37.0 Å². The number of rotatable bonds is 11. The van der Waals surface area contributed by atoms with Crippen LogP contribution in [-0.2, 0) is 23.0 Å². The maximum atomic E-state index is 12.6. The second kappa shape index (κ2) is 9.67. The number of nitrogens with zero attached hydrogens (tertiary/aromatic N) is 2. The molecule has 1 aromatic heterocycles. The number of ether oxygens (including phenoxy) is 2. The second-order valence-electron chi connectivity index (χ2n) is 5.80. The first-order valence-electron chi connectivity index (χ1n) is 8.77. The van der Waals surface area contributed by atoms with Crippen LogP contribution in [0.25, 0.3) is 0 Å². The van der Waals surface area contributed by atoms with Gasteiger partial charge in [0.15, 0.2) is 17.3 Å². The van der Waals surface area contributed by atoms with E-state index in [2.05, 4.69) is 20.2 Å². The molecule has 0 saturated carbocycles. The van der Waals surface area contributed by atoms with E-state index < -0.39 is 10.0 Å². The van der Waals surface area contributed by atoms with Crippen LogP contribution < -0.4 is 19.5 Å². The molecule has 0 aliphatic carbocycles. The molecule has 2 N–H and O–H groups in total. The van der Waals surface area contributed by atoms with Gasteiger partial charge in [0.2, 0.25) is 15.9 Å². The normalized spacial score (nSPS) is 12.7. The number of nitrogens with one attached hydrogen (secondary N) is 2. The average Bonchev–Trinajstić information content (AvgIpc) is 3.09. The molecule has 1 unspecified atom stereocenters. The summed E-state index contributed by atoms with van der Waals surface area (Å²) in [4.78, 5) is 4.26. The maximum absolute atomic E-state index is 12.6. The molecule has 0 radical (unpaired) electrons. The summed E-state index contributed by atoms with van der Waals surface area (Å²) in [5.41, 5.74) is 0. The summed E-state index contributed by atoms with van der Waals surface area (Å²) < 4.78 is 43.6. The Balaban J connectivity index is 2.09. The van der Waals surface area contributed by atoms with Crippen molar-refractivity contribution >= 4 is 10.0 Å². The molecule has 0 fully saturated rings. The fraction of sp³-hybridized carbons (Fsp3) is 0.529. The van der Waals surface area contributed by atoms with Crippen molar-refractivity contribution < 1.29 is 22.4 Å². The molecule has 0 bridgehead atoms. The molecule has 0 aliphatic heterocycles. The predicted octanol–water partition coefficient (Wildman–Crippen LogP) is 1.50. The molecular formula is C17H26N4O5S. The second-order valence-corrected chi connectivity index (χ2v) is 7.56. The van der Waals surface area contributed by atoms with Gasteiger partial charge in [0, 0.05) is 18.5 Å². The number of likely N-dealkylation sites (N-methyl/N-ethyl adjacent to an activating group) is 1. The Morgan fingerprint density at radius 3 is 2.56 bits per heavy atom. The summed E-state index contributed by atoms with van der Waals surface area (Å²) in [7, 11) is -1.93. The molecule has 1 heterocycles. The van der Waals surface area contributed by atoms with Gasteiger partial charge in [-0.2, -0.15) is 4.98 Å². The highest BCUT2D eigenvalue weighted by molar-refractivity contribution is 7.89. The predicted molar refractivity (Wildman–Crippen MR) is 99.3 cm³/mol. The van der Waals surface area contributed by atoms with E-state index >= 15 is 0 Å². The summed E-state index contributed by atoms with van der Waals surface area (Å²) in [5.74, 6) is 1.60. The van der Waals surface area contributed by atoms with Gasteiger partial charge in [0.25, 0.3) is 0 Å². The Bertz CT molecular complexity index is 838. The summed E-state index contributed by atoms with van der Waals surface area (Å²) in [5, 5.41) is 6.92. The Morgan fingerprint density at radius 1 is 1.19 bits per heavy atom. The zero-order valence-electron chi connectivity index (χ0n) is 16.0. The zero-order chi connectivity index (χ0) is 19.9. The first-order valence-corrected chi connectivity index (χ1v) is 10.3. The Hall–Kier alpha value is -2.17. The lowest BCUT2D eigenvalue weighted by Gasteiger charge is -2.12. The van der Waals surface area contributed by atoms with Gasteiger partial charge in [-0.1, -0.05) is 5.16 Å². The fourth-order valence-electron chi connectivity index (χ4n) is 2.26. The van der Waals surface area contributed by atoms with Crippen molar-refractivity contribution in [2.24, 2.45) is 0 Å². The molecule has 0 spiro atoms. The maximum Gasteiger partial charge on any atom is 0.241 e. The average molecular weight is 398 g/mol. The molecule has 0 amide bonds. The quantitative estimate of drug-likeness (QED) is 0.585. The van der Waals surface area contributed by atoms with Crippen molar-refractivity contribution in [2.75, 3.05) is 20.3 Å². The fourth-order valence-corrected chi connectivity index (χ4v) is 3.25. The van der Waals surface area contributed by atoms with E-state index in [1.165, 1.54) is 12.1 Å². The van der Waals surface area contributed by atoms with Crippen LogP contribution in [0.5, 0.6) is 11.5 Å². The highest BCUT2D eigenvalue weighted by Crippen LogP contribution is 2.30. The van der Waals surface area contributed by atoms with Crippen LogP contribution in [0, 0.1) is 0 Å². The zero-order valence-corrected chi connectivity index (χ0v) is 16.8. The van der Waals surface area contributed by atoms with Crippen LogP contribution in [0.1, 0.15) is 32.5 Å². The lowest BCUT2D eigenvalue weighted by atomic mass is 10.2. The van der Waals surface area contributed by atoms with Gasteiger partial charge in [0.1, 0.15) is 0 Å². The van der Waals surface area contributed by atoms with E-state index in [0.717, 1.165) is 0 Å². The topological polar surface area (TPSA) is 116 Å². The van der Waals surface area contributed by atoms with Gasteiger partial charge >= 0.3 is 0 Å². The molecule has 1 aromatic carbocycles. The summed E-state index contributed by atoms with van der Waals surface area (Å²) in [6.45, 7) is 6.40. The summed E-state index contributed by atoms with van der Waals surface area (Å²) >= 11 is 0. The van der Waals surface area contributed by atoms with Crippen molar-refractivity contribution in [3.63, 3.8) is 0 Å². The third kappa shape index (κ3) is 5.91. The van der Waals surface area contributed by atoms with Crippen LogP contribution in [0.2, 0.25) is 0 Å². The van der Waals surface area contributed by atoms with Crippen LogP contribution >= 0.6 is 0 Å². The Labute approximate surface area is 159 Å². The first-order chi connectivity index (χ1) is 12.9. The van der Waals surface area contributed by atoms with E-state index in [9.17, 15) is 8.42 Å². The minimum atomic E-state index is -3.78. The highest BCUT2D eigenvalue weighted by Gasteiger charge is 2.19. The van der Waals surface area contributed by atoms with Crippen molar-refractivity contribution in [3.8, 4) is 11.5 Å².